The number of aryl methyl sites for hydroxylation is 1. The van der Waals surface area contributed by atoms with E-state index in [0.717, 1.165) is 26.4 Å². The van der Waals surface area contributed by atoms with Crippen molar-refractivity contribution in [3.05, 3.63) is 82.0 Å². The average Bonchev–Trinajstić information content (AvgIpc) is 3.49. The Morgan fingerprint density at radius 1 is 0.816 bits per heavy atom. The second-order valence-electron chi connectivity index (χ2n) is 12.4. The molecule has 11 nitrogen and oxygen atoms in total. The second kappa shape index (κ2) is 17.3. The number of halogens is 1. The Labute approximate surface area is 287 Å². The third-order valence-corrected chi connectivity index (χ3v) is 9.59. The lowest BCUT2D eigenvalue weighted by Crippen LogP contribution is -2.44. The Kier molecular flexibility index (Phi) is 13.7. The fourth-order valence-electron chi connectivity index (χ4n) is 5.88. The van der Waals surface area contributed by atoms with Gasteiger partial charge in [-0.15, -0.1) is 11.3 Å². The minimum atomic E-state index is -1.50. The summed E-state index contributed by atoms with van der Waals surface area (Å²) < 4.78 is 24.8. The summed E-state index contributed by atoms with van der Waals surface area (Å²) >= 11 is 1.49. The van der Waals surface area contributed by atoms with Gasteiger partial charge in [0.25, 0.3) is 0 Å². The zero-order chi connectivity index (χ0) is 36.5. The molecule has 0 aliphatic heterocycles. The summed E-state index contributed by atoms with van der Waals surface area (Å²) in [6.07, 6.45) is -3.83. The fourth-order valence-corrected chi connectivity index (χ4v) is 6.91. The summed E-state index contributed by atoms with van der Waals surface area (Å²) in [5.41, 5.74) is 2.56. The lowest BCUT2D eigenvalue weighted by atomic mass is 9.70. The van der Waals surface area contributed by atoms with Gasteiger partial charge in [0.1, 0.15) is 5.82 Å². The highest BCUT2D eigenvalue weighted by molar-refractivity contribution is 7.15. The number of ketones is 1. The first-order valence-corrected chi connectivity index (χ1v) is 16.4. The molecule has 0 saturated heterocycles. The molecule has 1 heterocycles. The molecule has 49 heavy (non-hydrogen) atoms. The minimum absolute atomic E-state index is 0.117. The Balaban J connectivity index is 2.06. The Morgan fingerprint density at radius 2 is 1.43 bits per heavy atom. The van der Waals surface area contributed by atoms with E-state index >= 15 is 0 Å². The summed E-state index contributed by atoms with van der Waals surface area (Å²) in [6.45, 7) is 4.87. The summed E-state index contributed by atoms with van der Waals surface area (Å²) in [7, 11) is 1.32. The molecular weight excluding hydrogens is 659 g/mol. The zero-order valence-electron chi connectivity index (χ0n) is 27.7. The molecule has 1 aromatic heterocycles. The zero-order valence-corrected chi connectivity index (χ0v) is 28.5. The number of methoxy groups -OCH3 is 1. The van der Waals surface area contributed by atoms with Crippen molar-refractivity contribution in [3.63, 3.8) is 0 Å². The minimum Gasteiger partial charge on any atom is -0.481 e. The highest BCUT2D eigenvalue weighted by Crippen LogP contribution is 2.39. The number of carbonyl (C=O) groups is 5. The van der Waals surface area contributed by atoms with Crippen LogP contribution >= 0.6 is 11.3 Å². The molecule has 4 atom stereocenters. The van der Waals surface area contributed by atoms with Crippen LogP contribution in [-0.4, -0.2) is 69.1 Å². The van der Waals surface area contributed by atoms with Crippen LogP contribution in [0.3, 0.4) is 0 Å². The van der Waals surface area contributed by atoms with E-state index in [0.29, 0.717) is 6.42 Å². The lowest BCUT2D eigenvalue weighted by Gasteiger charge is -2.39. The highest BCUT2D eigenvalue weighted by Gasteiger charge is 2.43. The number of carbonyl (C=O) groups excluding carboxylic acids is 1. The van der Waals surface area contributed by atoms with Crippen molar-refractivity contribution in [1.82, 2.24) is 0 Å². The lowest BCUT2D eigenvalue weighted by molar-refractivity contribution is -0.240. The number of carboxylic acid groups (broad SMARTS) is 4. The number of Topliss-reactive ketones (excluding diaryl/α,β-unsaturated/α-hetero) is 1. The normalized spacial score (nSPS) is 14.1. The Morgan fingerprint density at radius 3 is 2.00 bits per heavy atom. The number of hydrogen-bond donors (Lipinski definition) is 4. The number of rotatable bonds is 20. The van der Waals surface area contributed by atoms with E-state index in [1.807, 2.05) is 19.1 Å². The number of carboxylic acids is 4. The van der Waals surface area contributed by atoms with Gasteiger partial charge in [-0.2, -0.15) is 0 Å². The van der Waals surface area contributed by atoms with Crippen LogP contribution in [0, 0.1) is 30.5 Å². The SMILES string of the molecule is COC(C)(C)OC(CCC(=O)O)C(CC(=O)O)C(CC(=O)O)C(CC(=O)O)C(=O)c1ccc(C)c(Cc2ccc(-c3ccc(F)cc3)s2)c1. The number of hydrogen-bond acceptors (Lipinski definition) is 8. The van der Waals surface area contributed by atoms with Crippen LogP contribution in [0.2, 0.25) is 0 Å². The molecule has 2 aromatic carbocycles. The van der Waals surface area contributed by atoms with Crippen molar-refractivity contribution in [2.45, 2.75) is 71.2 Å². The van der Waals surface area contributed by atoms with Crippen molar-refractivity contribution in [2.75, 3.05) is 7.11 Å². The van der Waals surface area contributed by atoms with Gasteiger partial charge in [-0.1, -0.05) is 24.3 Å². The molecule has 4 N–H and O–H groups in total. The van der Waals surface area contributed by atoms with Crippen molar-refractivity contribution in [3.8, 4) is 10.4 Å². The number of aliphatic carboxylic acids is 4. The summed E-state index contributed by atoms with van der Waals surface area (Å²) in [5, 5.41) is 39.2. The van der Waals surface area contributed by atoms with Gasteiger partial charge >= 0.3 is 23.9 Å². The maximum atomic E-state index is 14.3. The number of ether oxygens (including phenoxy) is 2. The average molecular weight is 701 g/mol. The molecule has 0 amide bonds. The van der Waals surface area contributed by atoms with E-state index in [4.69, 9.17) is 9.47 Å². The van der Waals surface area contributed by atoms with E-state index in [2.05, 4.69) is 0 Å². The summed E-state index contributed by atoms with van der Waals surface area (Å²) in [5.74, 6) is -11.9. The van der Waals surface area contributed by atoms with Gasteiger partial charge in [0.2, 0.25) is 0 Å². The summed E-state index contributed by atoms with van der Waals surface area (Å²) in [4.78, 5) is 64.2. The molecular formula is C36H41FO11S. The fraction of sp³-hybridized carbons (Fsp3) is 0.417. The maximum absolute atomic E-state index is 14.3. The first-order chi connectivity index (χ1) is 23.0. The predicted molar refractivity (Wildman–Crippen MR) is 178 cm³/mol. The number of benzene rings is 2. The van der Waals surface area contributed by atoms with E-state index in [1.165, 1.54) is 50.5 Å². The van der Waals surface area contributed by atoms with Crippen LogP contribution in [0.15, 0.2) is 54.6 Å². The van der Waals surface area contributed by atoms with E-state index in [1.54, 1.807) is 24.3 Å². The monoisotopic (exact) mass is 700 g/mol. The first-order valence-electron chi connectivity index (χ1n) is 15.6. The molecule has 0 aliphatic carbocycles. The molecule has 0 fully saturated rings. The van der Waals surface area contributed by atoms with Crippen LogP contribution in [0.4, 0.5) is 4.39 Å². The van der Waals surface area contributed by atoms with Crippen LogP contribution < -0.4 is 0 Å². The second-order valence-corrected chi connectivity index (χ2v) is 13.5. The van der Waals surface area contributed by atoms with Gasteiger partial charge in [0, 0.05) is 47.6 Å². The maximum Gasteiger partial charge on any atom is 0.304 e. The van der Waals surface area contributed by atoms with Gasteiger partial charge in [0.05, 0.1) is 18.9 Å². The van der Waals surface area contributed by atoms with Crippen LogP contribution in [0.1, 0.15) is 72.3 Å². The summed E-state index contributed by atoms with van der Waals surface area (Å²) in [6, 6.07) is 14.8. The highest BCUT2D eigenvalue weighted by atomic mass is 32.1. The standard InChI is InChI=1S/C36H41FO11S/c1-20-5-6-22(15-23(20)16-25-11-13-30(49-25)21-7-9-24(37)10-8-21)35(46)28(19-34(44)45)26(17-32(40)41)27(18-33(42)43)29(12-14-31(38)39)48-36(2,3)47-4/h5-11,13,15,26-29H,12,14,16-19H2,1-4H3,(H,38,39)(H,40,41)(H,42,43)(H,44,45). The van der Waals surface area contributed by atoms with Gasteiger partial charge in [-0.25, -0.2) is 4.39 Å². The molecule has 4 unspecified atom stereocenters. The first kappa shape index (κ1) is 39.0. The topological polar surface area (TPSA) is 185 Å². The van der Waals surface area contributed by atoms with Gasteiger partial charge in [0.15, 0.2) is 11.6 Å². The van der Waals surface area contributed by atoms with Crippen LogP contribution in [0.25, 0.3) is 10.4 Å². The molecule has 264 valence electrons. The molecule has 0 aliphatic rings. The Hall–Kier alpha value is -4.46. The van der Waals surface area contributed by atoms with Gasteiger partial charge in [-0.05, 0) is 86.1 Å². The van der Waals surface area contributed by atoms with Crippen LogP contribution in [-0.2, 0) is 35.1 Å². The third kappa shape index (κ3) is 11.6. The largest absolute Gasteiger partial charge is 0.481 e. The van der Waals surface area contributed by atoms with E-state index < -0.39 is 85.0 Å². The van der Waals surface area contributed by atoms with Crippen molar-refractivity contribution in [2.24, 2.45) is 17.8 Å². The molecule has 3 rings (SSSR count). The molecule has 0 saturated carbocycles. The van der Waals surface area contributed by atoms with Crippen molar-refractivity contribution < 1.29 is 58.3 Å². The number of thiophene rings is 1. The third-order valence-electron chi connectivity index (χ3n) is 8.45. The smallest absolute Gasteiger partial charge is 0.304 e. The van der Waals surface area contributed by atoms with Gasteiger partial charge < -0.3 is 29.9 Å². The molecule has 0 radical (unpaired) electrons. The molecule has 0 spiro atoms. The van der Waals surface area contributed by atoms with Crippen LogP contribution in [0.5, 0.6) is 0 Å². The van der Waals surface area contributed by atoms with Crippen molar-refractivity contribution in [1.29, 1.82) is 0 Å². The van der Waals surface area contributed by atoms with E-state index in [-0.39, 0.29) is 17.8 Å². The van der Waals surface area contributed by atoms with Crippen molar-refractivity contribution >= 4 is 41.0 Å². The predicted octanol–water partition coefficient (Wildman–Crippen LogP) is 6.54. The Bertz CT molecular complexity index is 1650. The van der Waals surface area contributed by atoms with E-state index in [9.17, 15) is 48.8 Å². The molecule has 3 aromatic rings. The molecule has 13 heteroatoms. The molecule has 0 bridgehead atoms. The van der Waals surface area contributed by atoms with Gasteiger partial charge in [-0.3, -0.25) is 24.0 Å². The quantitative estimate of drug-likeness (QED) is 0.0741.